The first-order valence-electron chi connectivity index (χ1n) is 7.82. The van der Waals surface area contributed by atoms with E-state index in [9.17, 15) is 4.79 Å². The molecule has 2 aromatic heterocycles. The predicted octanol–water partition coefficient (Wildman–Crippen LogP) is 2.05. The summed E-state index contributed by atoms with van der Waals surface area (Å²) in [5, 5.41) is 4.07. The van der Waals surface area contributed by atoms with Gasteiger partial charge in [-0.05, 0) is 37.3 Å². The number of aromatic nitrogens is 3. The van der Waals surface area contributed by atoms with Gasteiger partial charge in [-0.2, -0.15) is 4.98 Å². The molecule has 4 rings (SSSR count). The zero-order valence-electron chi connectivity index (χ0n) is 12.3. The zero-order valence-corrected chi connectivity index (χ0v) is 12.3. The van der Waals surface area contributed by atoms with Crippen LogP contribution in [0.2, 0.25) is 0 Å². The quantitative estimate of drug-likeness (QED) is 0.863. The summed E-state index contributed by atoms with van der Waals surface area (Å²) < 4.78 is 5.29. The van der Waals surface area contributed by atoms with Gasteiger partial charge >= 0.3 is 0 Å². The Labute approximate surface area is 128 Å². The molecule has 22 heavy (non-hydrogen) atoms. The largest absolute Gasteiger partial charge is 0.339 e. The number of carbonyl (C=O) groups is 1. The molecular weight excluding hydrogens is 280 g/mol. The summed E-state index contributed by atoms with van der Waals surface area (Å²) in [5.74, 6) is 2.47. The van der Waals surface area contributed by atoms with Gasteiger partial charge in [0.05, 0.1) is 0 Å². The van der Waals surface area contributed by atoms with Crippen LogP contribution in [-0.2, 0) is 6.42 Å². The van der Waals surface area contributed by atoms with Crippen LogP contribution in [0.4, 0.5) is 0 Å². The molecule has 6 nitrogen and oxygen atoms in total. The Morgan fingerprint density at radius 3 is 3.00 bits per heavy atom. The van der Waals surface area contributed by atoms with E-state index in [0.29, 0.717) is 17.5 Å². The van der Waals surface area contributed by atoms with E-state index in [0.717, 1.165) is 50.5 Å². The van der Waals surface area contributed by atoms with Crippen molar-refractivity contribution in [2.45, 2.75) is 31.6 Å². The number of likely N-dealkylation sites (tertiary alicyclic amines) is 1. The lowest BCUT2D eigenvalue weighted by atomic mass is 10.1. The molecule has 1 amide bonds. The van der Waals surface area contributed by atoms with Gasteiger partial charge in [-0.3, -0.25) is 9.78 Å². The van der Waals surface area contributed by atoms with Crippen LogP contribution in [0.25, 0.3) is 0 Å². The van der Waals surface area contributed by atoms with Crippen LogP contribution in [0.3, 0.4) is 0 Å². The van der Waals surface area contributed by atoms with E-state index >= 15 is 0 Å². The highest BCUT2D eigenvalue weighted by molar-refractivity contribution is 5.92. The minimum atomic E-state index is 0.00915. The second kappa shape index (κ2) is 5.51. The molecule has 1 aliphatic heterocycles. The molecule has 0 aromatic carbocycles. The molecule has 0 radical (unpaired) electrons. The van der Waals surface area contributed by atoms with E-state index in [1.807, 2.05) is 17.0 Å². The van der Waals surface area contributed by atoms with Crippen LogP contribution >= 0.6 is 0 Å². The summed E-state index contributed by atoms with van der Waals surface area (Å²) >= 11 is 0. The summed E-state index contributed by atoms with van der Waals surface area (Å²) in [6.07, 6.45) is 5.74. The third-order valence-corrected chi connectivity index (χ3v) is 4.34. The van der Waals surface area contributed by atoms with Gasteiger partial charge in [0.15, 0.2) is 5.82 Å². The molecular formula is C16H18N4O2. The summed E-state index contributed by atoms with van der Waals surface area (Å²) in [6, 6.07) is 5.42. The van der Waals surface area contributed by atoms with Crippen LogP contribution in [0, 0.1) is 5.92 Å². The Kier molecular flexibility index (Phi) is 3.36. The normalized spacial score (nSPS) is 21.3. The summed E-state index contributed by atoms with van der Waals surface area (Å²) in [7, 11) is 0. The van der Waals surface area contributed by atoms with E-state index in [2.05, 4.69) is 15.1 Å². The average Bonchev–Trinajstić information content (AvgIpc) is 3.13. The van der Waals surface area contributed by atoms with Gasteiger partial charge in [0.1, 0.15) is 5.69 Å². The SMILES string of the molecule is O=C(c1ccccn1)N1CC[C@H](Cc2noc(C3CC3)n2)C1. The smallest absolute Gasteiger partial charge is 0.272 e. The minimum Gasteiger partial charge on any atom is -0.339 e. The van der Waals surface area contributed by atoms with Crippen LogP contribution < -0.4 is 0 Å². The van der Waals surface area contributed by atoms with Crippen molar-refractivity contribution in [1.82, 2.24) is 20.0 Å². The van der Waals surface area contributed by atoms with E-state index in [4.69, 9.17) is 4.52 Å². The molecule has 0 N–H and O–H groups in total. The maximum atomic E-state index is 12.4. The second-order valence-corrected chi connectivity index (χ2v) is 6.15. The van der Waals surface area contributed by atoms with Crippen LogP contribution in [0.1, 0.15) is 47.4 Å². The van der Waals surface area contributed by atoms with Crippen molar-refractivity contribution in [2.24, 2.45) is 5.92 Å². The Hall–Kier alpha value is -2.24. The van der Waals surface area contributed by atoms with Gasteiger partial charge in [0.2, 0.25) is 5.89 Å². The van der Waals surface area contributed by atoms with Crippen LogP contribution in [0.5, 0.6) is 0 Å². The lowest BCUT2D eigenvalue weighted by molar-refractivity contribution is 0.0781. The van der Waals surface area contributed by atoms with E-state index in [1.165, 1.54) is 0 Å². The number of hydrogen-bond donors (Lipinski definition) is 0. The van der Waals surface area contributed by atoms with E-state index in [-0.39, 0.29) is 5.91 Å². The third-order valence-electron chi connectivity index (χ3n) is 4.34. The van der Waals surface area contributed by atoms with Crippen LogP contribution in [-0.4, -0.2) is 39.0 Å². The van der Waals surface area contributed by atoms with Gasteiger partial charge in [0.25, 0.3) is 5.91 Å². The first kappa shape index (κ1) is 13.4. The molecule has 2 fully saturated rings. The van der Waals surface area contributed by atoms with Crippen molar-refractivity contribution in [3.05, 3.63) is 41.8 Å². The van der Waals surface area contributed by atoms with E-state index < -0.39 is 0 Å². The molecule has 1 saturated heterocycles. The second-order valence-electron chi connectivity index (χ2n) is 6.15. The number of pyridine rings is 1. The molecule has 0 unspecified atom stereocenters. The fourth-order valence-electron chi connectivity index (χ4n) is 2.94. The van der Waals surface area contributed by atoms with Gasteiger partial charge in [0, 0.05) is 31.6 Å². The van der Waals surface area contributed by atoms with Gasteiger partial charge in [-0.25, -0.2) is 0 Å². The van der Waals surface area contributed by atoms with Crippen molar-refractivity contribution in [1.29, 1.82) is 0 Å². The monoisotopic (exact) mass is 298 g/mol. The molecule has 1 aliphatic carbocycles. The summed E-state index contributed by atoms with van der Waals surface area (Å²) in [4.78, 5) is 22.8. The van der Waals surface area contributed by atoms with Gasteiger partial charge < -0.3 is 9.42 Å². The number of nitrogens with zero attached hydrogens (tertiary/aromatic N) is 4. The van der Waals surface area contributed by atoms with Crippen molar-refractivity contribution in [3.8, 4) is 0 Å². The van der Waals surface area contributed by atoms with Crippen molar-refractivity contribution < 1.29 is 9.32 Å². The maximum Gasteiger partial charge on any atom is 0.272 e. The number of amides is 1. The highest BCUT2D eigenvalue weighted by atomic mass is 16.5. The standard InChI is InChI=1S/C16H18N4O2/c21-16(13-3-1-2-7-17-13)20-8-6-11(10-20)9-14-18-15(22-19-14)12-4-5-12/h1-3,7,11-12H,4-6,8-10H2/t11-/m1/s1. The molecule has 2 aromatic rings. The Morgan fingerprint density at radius 2 is 2.23 bits per heavy atom. The number of hydrogen-bond acceptors (Lipinski definition) is 5. The number of rotatable bonds is 4. The molecule has 1 atom stereocenters. The lowest BCUT2D eigenvalue weighted by Gasteiger charge is -2.15. The third kappa shape index (κ3) is 2.73. The van der Waals surface area contributed by atoms with Crippen molar-refractivity contribution in [3.63, 3.8) is 0 Å². The zero-order chi connectivity index (χ0) is 14.9. The fourth-order valence-corrected chi connectivity index (χ4v) is 2.94. The molecule has 0 bridgehead atoms. The van der Waals surface area contributed by atoms with Gasteiger partial charge in [-0.15, -0.1) is 0 Å². The lowest BCUT2D eigenvalue weighted by Crippen LogP contribution is -2.29. The molecule has 1 saturated carbocycles. The highest BCUT2D eigenvalue weighted by Crippen LogP contribution is 2.39. The van der Waals surface area contributed by atoms with Crippen LogP contribution in [0.15, 0.2) is 28.9 Å². The highest BCUT2D eigenvalue weighted by Gasteiger charge is 2.31. The Balaban J connectivity index is 1.36. The molecule has 0 spiro atoms. The first-order chi connectivity index (χ1) is 10.8. The topological polar surface area (TPSA) is 72.1 Å². The summed E-state index contributed by atoms with van der Waals surface area (Å²) in [6.45, 7) is 1.51. The molecule has 6 heteroatoms. The predicted molar refractivity (Wildman–Crippen MR) is 78.2 cm³/mol. The average molecular weight is 298 g/mol. The first-order valence-corrected chi connectivity index (χ1v) is 7.82. The number of carbonyl (C=O) groups excluding carboxylic acids is 1. The molecule has 2 aliphatic rings. The Morgan fingerprint density at radius 1 is 1.32 bits per heavy atom. The molecule has 114 valence electrons. The maximum absolute atomic E-state index is 12.4. The fraction of sp³-hybridized carbons (Fsp3) is 0.500. The summed E-state index contributed by atoms with van der Waals surface area (Å²) in [5.41, 5.74) is 0.513. The minimum absolute atomic E-state index is 0.00915. The van der Waals surface area contributed by atoms with E-state index in [1.54, 1.807) is 12.3 Å². The van der Waals surface area contributed by atoms with Gasteiger partial charge in [-0.1, -0.05) is 11.2 Å². The van der Waals surface area contributed by atoms with Crippen molar-refractivity contribution >= 4 is 5.91 Å². The Bertz CT molecular complexity index is 666. The molecule has 3 heterocycles. The van der Waals surface area contributed by atoms with Crippen molar-refractivity contribution in [2.75, 3.05) is 13.1 Å².